The van der Waals surface area contributed by atoms with Gasteiger partial charge in [0.05, 0.1) is 12.6 Å². The average Bonchev–Trinajstić information content (AvgIpc) is 2.84. The van der Waals surface area contributed by atoms with Gasteiger partial charge in [-0.15, -0.1) is 0 Å². The SMILES string of the molecule is O[C@@H]1CCN(Cc2nc(C3CC3)no2)C1. The molecule has 0 spiro atoms. The Morgan fingerprint density at radius 3 is 2.93 bits per heavy atom. The van der Waals surface area contributed by atoms with Crippen LogP contribution in [0.4, 0.5) is 0 Å². The first-order valence-electron chi connectivity index (χ1n) is 5.54. The number of aromatic nitrogens is 2. The summed E-state index contributed by atoms with van der Waals surface area (Å²) < 4.78 is 5.18. The quantitative estimate of drug-likeness (QED) is 0.786. The summed E-state index contributed by atoms with van der Waals surface area (Å²) in [6.07, 6.45) is 3.06. The summed E-state index contributed by atoms with van der Waals surface area (Å²) in [6, 6.07) is 0. The maximum atomic E-state index is 9.37. The molecular weight excluding hydrogens is 194 g/mol. The fraction of sp³-hybridized carbons (Fsp3) is 0.800. The molecule has 1 atom stereocenters. The Bertz CT molecular complexity index is 348. The van der Waals surface area contributed by atoms with E-state index in [4.69, 9.17) is 4.52 Å². The lowest BCUT2D eigenvalue weighted by atomic mass is 10.3. The van der Waals surface area contributed by atoms with Crippen molar-refractivity contribution in [2.45, 2.75) is 37.8 Å². The van der Waals surface area contributed by atoms with Crippen molar-refractivity contribution < 1.29 is 9.63 Å². The molecule has 0 bridgehead atoms. The molecule has 5 nitrogen and oxygen atoms in total. The fourth-order valence-corrected chi connectivity index (χ4v) is 1.99. The minimum Gasteiger partial charge on any atom is -0.392 e. The molecule has 2 aliphatic rings. The van der Waals surface area contributed by atoms with Crippen molar-refractivity contribution in [2.75, 3.05) is 13.1 Å². The van der Waals surface area contributed by atoms with Crippen molar-refractivity contribution in [1.29, 1.82) is 0 Å². The first kappa shape index (κ1) is 9.30. The average molecular weight is 209 g/mol. The number of aliphatic hydroxyl groups is 1. The Morgan fingerprint density at radius 2 is 2.27 bits per heavy atom. The zero-order valence-electron chi connectivity index (χ0n) is 8.59. The van der Waals surface area contributed by atoms with Crippen molar-refractivity contribution in [3.63, 3.8) is 0 Å². The van der Waals surface area contributed by atoms with Gasteiger partial charge in [-0.25, -0.2) is 0 Å². The van der Waals surface area contributed by atoms with Crippen LogP contribution in [0.3, 0.4) is 0 Å². The molecule has 2 fully saturated rings. The summed E-state index contributed by atoms with van der Waals surface area (Å²) in [4.78, 5) is 6.51. The van der Waals surface area contributed by atoms with Gasteiger partial charge in [0.15, 0.2) is 5.82 Å². The smallest absolute Gasteiger partial charge is 0.240 e. The van der Waals surface area contributed by atoms with Gasteiger partial charge in [0.1, 0.15) is 0 Å². The molecule has 1 aromatic rings. The molecule has 5 heteroatoms. The standard InChI is InChI=1S/C10H15N3O2/c14-8-3-4-13(5-8)6-9-11-10(12-15-9)7-1-2-7/h7-8,14H,1-6H2/t8-/m1/s1. The van der Waals surface area contributed by atoms with Crippen molar-refractivity contribution in [3.05, 3.63) is 11.7 Å². The molecule has 2 heterocycles. The van der Waals surface area contributed by atoms with Gasteiger partial charge in [0, 0.05) is 19.0 Å². The maximum absolute atomic E-state index is 9.37. The summed E-state index contributed by atoms with van der Waals surface area (Å²) in [5.74, 6) is 2.10. The molecule has 0 amide bonds. The number of rotatable bonds is 3. The molecular formula is C10H15N3O2. The summed E-state index contributed by atoms with van der Waals surface area (Å²) in [5.41, 5.74) is 0. The van der Waals surface area contributed by atoms with Crippen LogP contribution in [0.1, 0.15) is 36.9 Å². The van der Waals surface area contributed by atoms with Crippen LogP contribution in [0.2, 0.25) is 0 Å². The highest BCUT2D eigenvalue weighted by Gasteiger charge is 2.29. The topological polar surface area (TPSA) is 62.4 Å². The molecule has 0 radical (unpaired) electrons. The van der Waals surface area contributed by atoms with Gasteiger partial charge >= 0.3 is 0 Å². The lowest BCUT2D eigenvalue weighted by molar-refractivity contribution is 0.169. The zero-order valence-corrected chi connectivity index (χ0v) is 8.59. The van der Waals surface area contributed by atoms with Gasteiger partial charge < -0.3 is 9.63 Å². The van der Waals surface area contributed by atoms with E-state index < -0.39 is 0 Å². The Morgan fingerprint density at radius 1 is 1.40 bits per heavy atom. The molecule has 3 rings (SSSR count). The molecule has 1 aliphatic carbocycles. The molecule has 82 valence electrons. The zero-order chi connectivity index (χ0) is 10.3. The minimum absolute atomic E-state index is 0.184. The van der Waals surface area contributed by atoms with E-state index in [2.05, 4.69) is 15.0 Å². The van der Waals surface area contributed by atoms with Crippen molar-refractivity contribution >= 4 is 0 Å². The molecule has 15 heavy (non-hydrogen) atoms. The van der Waals surface area contributed by atoms with E-state index in [1.807, 2.05) is 0 Å². The second-order valence-corrected chi connectivity index (χ2v) is 4.50. The summed E-state index contributed by atoms with van der Waals surface area (Å²) in [6.45, 7) is 2.32. The van der Waals surface area contributed by atoms with Crippen LogP contribution in [-0.2, 0) is 6.54 Å². The summed E-state index contributed by atoms with van der Waals surface area (Å²) in [7, 11) is 0. The third kappa shape index (κ3) is 2.03. The van der Waals surface area contributed by atoms with Crippen LogP contribution in [0.5, 0.6) is 0 Å². The number of hydrogen-bond acceptors (Lipinski definition) is 5. The maximum Gasteiger partial charge on any atom is 0.240 e. The monoisotopic (exact) mass is 209 g/mol. The van der Waals surface area contributed by atoms with Crippen LogP contribution < -0.4 is 0 Å². The molecule has 0 aromatic carbocycles. The van der Waals surface area contributed by atoms with Crippen LogP contribution in [0.25, 0.3) is 0 Å². The Labute approximate surface area is 88.1 Å². The van der Waals surface area contributed by atoms with Crippen LogP contribution in [-0.4, -0.2) is 39.3 Å². The van der Waals surface area contributed by atoms with Gasteiger partial charge in [0.25, 0.3) is 0 Å². The summed E-state index contributed by atoms with van der Waals surface area (Å²) in [5, 5.41) is 13.3. The van der Waals surface area contributed by atoms with E-state index in [0.29, 0.717) is 18.4 Å². The van der Waals surface area contributed by atoms with Crippen molar-refractivity contribution in [2.24, 2.45) is 0 Å². The first-order chi connectivity index (χ1) is 7.31. The lowest BCUT2D eigenvalue weighted by Gasteiger charge is -2.10. The number of aliphatic hydroxyl groups excluding tert-OH is 1. The molecule has 1 saturated heterocycles. The molecule has 1 N–H and O–H groups in total. The molecule has 1 aromatic heterocycles. The molecule has 1 aliphatic heterocycles. The third-order valence-electron chi connectivity index (χ3n) is 3.03. The Balaban J connectivity index is 1.61. The Hall–Kier alpha value is -0.940. The van der Waals surface area contributed by atoms with Gasteiger partial charge in [-0.05, 0) is 19.3 Å². The van der Waals surface area contributed by atoms with E-state index in [1.54, 1.807) is 0 Å². The second kappa shape index (κ2) is 3.57. The van der Waals surface area contributed by atoms with E-state index in [-0.39, 0.29) is 6.10 Å². The van der Waals surface area contributed by atoms with Crippen molar-refractivity contribution in [1.82, 2.24) is 15.0 Å². The summed E-state index contributed by atoms with van der Waals surface area (Å²) >= 11 is 0. The lowest BCUT2D eigenvalue weighted by Crippen LogP contribution is -2.21. The first-order valence-corrected chi connectivity index (χ1v) is 5.54. The van der Waals surface area contributed by atoms with E-state index in [0.717, 1.165) is 25.3 Å². The number of hydrogen-bond donors (Lipinski definition) is 1. The van der Waals surface area contributed by atoms with Gasteiger partial charge in [-0.3, -0.25) is 4.90 Å². The third-order valence-corrected chi connectivity index (χ3v) is 3.03. The molecule has 1 saturated carbocycles. The highest BCUT2D eigenvalue weighted by Crippen LogP contribution is 2.38. The number of nitrogens with zero attached hydrogens (tertiary/aromatic N) is 3. The van der Waals surface area contributed by atoms with Gasteiger partial charge in [-0.1, -0.05) is 5.16 Å². The highest BCUT2D eigenvalue weighted by molar-refractivity contribution is 5.03. The second-order valence-electron chi connectivity index (χ2n) is 4.50. The van der Waals surface area contributed by atoms with Gasteiger partial charge in [-0.2, -0.15) is 4.98 Å². The Kier molecular flexibility index (Phi) is 2.21. The van der Waals surface area contributed by atoms with Crippen molar-refractivity contribution in [3.8, 4) is 0 Å². The highest BCUT2D eigenvalue weighted by atomic mass is 16.5. The van der Waals surface area contributed by atoms with E-state index in [9.17, 15) is 5.11 Å². The largest absolute Gasteiger partial charge is 0.392 e. The fourth-order valence-electron chi connectivity index (χ4n) is 1.99. The van der Waals surface area contributed by atoms with Crippen LogP contribution in [0, 0.1) is 0 Å². The minimum atomic E-state index is -0.184. The van der Waals surface area contributed by atoms with Gasteiger partial charge in [0.2, 0.25) is 5.89 Å². The predicted octanol–water partition coefficient (Wildman–Crippen LogP) is 0.514. The normalized spacial score (nSPS) is 27.4. The number of likely N-dealkylation sites (tertiary alicyclic amines) is 1. The van der Waals surface area contributed by atoms with E-state index >= 15 is 0 Å². The molecule has 0 unspecified atom stereocenters. The number of β-amino-alcohol motifs (C(OH)–C–C–N with tert-alkyl or cyclic N) is 1. The predicted molar refractivity (Wildman–Crippen MR) is 52.2 cm³/mol. The van der Waals surface area contributed by atoms with Crippen LogP contribution in [0.15, 0.2) is 4.52 Å². The van der Waals surface area contributed by atoms with E-state index in [1.165, 1.54) is 12.8 Å². The van der Waals surface area contributed by atoms with Crippen LogP contribution >= 0.6 is 0 Å².